The zero-order chi connectivity index (χ0) is 26.3. The van der Waals surface area contributed by atoms with E-state index in [2.05, 4.69) is 5.10 Å². The molecule has 1 amide bonds. The van der Waals surface area contributed by atoms with Crippen molar-refractivity contribution in [2.24, 2.45) is 10.9 Å². The Morgan fingerprint density at radius 3 is 2.59 bits per heavy atom. The maximum Gasteiger partial charge on any atom is 0.279 e. The number of nitrogens with two attached hydrogens (primary N) is 2. The molecule has 0 atom stereocenters. The number of amidine groups is 1. The van der Waals surface area contributed by atoms with E-state index in [1.165, 1.54) is 6.07 Å². The number of aromatic nitrogens is 2. The lowest BCUT2D eigenvalue weighted by molar-refractivity contribution is 0.0971. The number of amides is 1. The molecule has 1 aliphatic rings. The molecule has 1 aromatic heterocycles. The Labute approximate surface area is 213 Å². The zero-order valence-corrected chi connectivity index (χ0v) is 20.7. The van der Waals surface area contributed by atoms with Crippen LogP contribution in [-0.2, 0) is 10.0 Å². The average Bonchev–Trinajstić information content (AvgIpc) is 3.28. The van der Waals surface area contributed by atoms with Crippen LogP contribution in [0, 0.1) is 12.3 Å². The molecule has 4 aromatic rings. The van der Waals surface area contributed by atoms with Crippen molar-refractivity contribution in [3.05, 3.63) is 89.7 Å². The van der Waals surface area contributed by atoms with Gasteiger partial charge in [0.05, 0.1) is 22.8 Å². The van der Waals surface area contributed by atoms with Gasteiger partial charge in [0.1, 0.15) is 18.2 Å². The number of rotatable bonds is 5. The van der Waals surface area contributed by atoms with Crippen molar-refractivity contribution in [2.75, 3.05) is 18.1 Å². The van der Waals surface area contributed by atoms with Crippen LogP contribution in [0.3, 0.4) is 0 Å². The van der Waals surface area contributed by atoms with E-state index < -0.39 is 10.0 Å². The lowest BCUT2D eigenvalue weighted by atomic mass is 10.0. The SMILES string of the molecule is Cc1cc(C(=O)N2CCOc3cc(-c4ccccc4S(N)(=O)=O)ccc32)nn1-c1cccc(C(=N)N)c1. The van der Waals surface area contributed by atoms with E-state index in [9.17, 15) is 13.2 Å². The molecule has 0 spiro atoms. The molecule has 0 unspecified atom stereocenters. The Morgan fingerprint density at radius 1 is 1.05 bits per heavy atom. The minimum absolute atomic E-state index is 0.00792. The van der Waals surface area contributed by atoms with Crippen molar-refractivity contribution in [1.29, 1.82) is 5.41 Å². The van der Waals surface area contributed by atoms with Gasteiger partial charge in [-0.15, -0.1) is 0 Å². The molecule has 188 valence electrons. The second-order valence-electron chi connectivity index (χ2n) is 8.58. The Balaban J connectivity index is 1.49. The molecule has 0 saturated heterocycles. The van der Waals surface area contributed by atoms with Crippen molar-refractivity contribution in [1.82, 2.24) is 9.78 Å². The number of carbonyl (C=O) groups excluding carboxylic acids is 1. The average molecular weight is 517 g/mol. The molecule has 0 aliphatic carbocycles. The predicted octanol–water partition coefficient (Wildman–Crippen LogP) is 2.82. The molecular formula is C26H24N6O4S. The number of hydrogen-bond donors (Lipinski definition) is 3. The molecule has 37 heavy (non-hydrogen) atoms. The Kier molecular flexibility index (Phi) is 6.02. The normalized spacial score (nSPS) is 13.1. The van der Waals surface area contributed by atoms with Crippen LogP contribution in [0.2, 0.25) is 0 Å². The largest absolute Gasteiger partial charge is 0.490 e. The van der Waals surface area contributed by atoms with E-state index in [0.717, 1.165) is 5.69 Å². The number of nitrogens with zero attached hydrogens (tertiary/aromatic N) is 3. The fraction of sp³-hybridized carbons (Fsp3) is 0.115. The van der Waals surface area contributed by atoms with E-state index in [0.29, 0.717) is 40.4 Å². The van der Waals surface area contributed by atoms with Gasteiger partial charge in [0.15, 0.2) is 5.69 Å². The zero-order valence-electron chi connectivity index (χ0n) is 19.9. The fourth-order valence-corrected chi connectivity index (χ4v) is 5.10. The van der Waals surface area contributed by atoms with Gasteiger partial charge in [-0.25, -0.2) is 18.2 Å². The summed E-state index contributed by atoms with van der Waals surface area (Å²) in [6.07, 6.45) is 0. The molecule has 10 nitrogen and oxygen atoms in total. The number of benzene rings is 3. The molecule has 0 radical (unpaired) electrons. The third-order valence-corrected chi connectivity index (χ3v) is 7.05. The number of aryl methyl sites for hydroxylation is 1. The number of sulfonamides is 1. The van der Waals surface area contributed by atoms with Gasteiger partial charge in [0.2, 0.25) is 10.0 Å². The minimum Gasteiger partial charge on any atom is -0.490 e. The van der Waals surface area contributed by atoms with Gasteiger partial charge >= 0.3 is 0 Å². The quantitative estimate of drug-likeness (QED) is 0.273. The van der Waals surface area contributed by atoms with Crippen molar-refractivity contribution in [2.45, 2.75) is 11.8 Å². The van der Waals surface area contributed by atoms with Gasteiger partial charge in [-0.3, -0.25) is 10.2 Å². The maximum absolute atomic E-state index is 13.5. The predicted molar refractivity (Wildman–Crippen MR) is 140 cm³/mol. The molecule has 5 rings (SSSR count). The Morgan fingerprint density at radius 2 is 1.84 bits per heavy atom. The first-order chi connectivity index (χ1) is 17.6. The first-order valence-electron chi connectivity index (χ1n) is 11.4. The van der Waals surface area contributed by atoms with Gasteiger partial charge < -0.3 is 15.4 Å². The van der Waals surface area contributed by atoms with Gasteiger partial charge in [-0.2, -0.15) is 5.10 Å². The smallest absolute Gasteiger partial charge is 0.279 e. The molecule has 0 fully saturated rings. The Bertz CT molecular complexity index is 1660. The van der Waals surface area contributed by atoms with E-state index in [1.807, 2.05) is 13.0 Å². The van der Waals surface area contributed by atoms with Crippen molar-refractivity contribution < 1.29 is 17.9 Å². The summed E-state index contributed by atoms with van der Waals surface area (Å²) in [6, 6.07) is 20.4. The summed E-state index contributed by atoms with van der Waals surface area (Å²) in [7, 11) is -3.93. The molecule has 0 saturated carbocycles. The second kappa shape index (κ2) is 9.19. The van der Waals surface area contributed by atoms with Crippen molar-refractivity contribution >= 4 is 27.5 Å². The molecule has 2 heterocycles. The van der Waals surface area contributed by atoms with Crippen molar-refractivity contribution in [3.63, 3.8) is 0 Å². The third-order valence-electron chi connectivity index (χ3n) is 6.08. The topological polar surface area (TPSA) is 157 Å². The van der Waals surface area contributed by atoms with Gasteiger partial charge in [-0.1, -0.05) is 36.4 Å². The van der Waals surface area contributed by atoms with Crippen LogP contribution in [-0.4, -0.2) is 43.1 Å². The summed E-state index contributed by atoms with van der Waals surface area (Å²) in [5.41, 5.74) is 9.46. The summed E-state index contributed by atoms with van der Waals surface area (Å²) >= 11 is 0. The number of fused-ring (bicyclic) bond motifs is 1. The Hall–Kier alpha value is -4.48. The number of carbonyl (C=O) groups is 1. The summed E-state index contributed by atoms with van der Waals surface area (Å²) in [6.45, 7) is 2.43. The molecular weight excluding hydrogens is 492 g/mol. The van der Waals surface area contributed by atoms with Crippen LogP contribution in [0.15, 0.2) is 77.7 Å². The summed E-state index contributed by atoms with van der Waals surface area (Å²) in [4.78, 5) is 15.1. The second-order valence-corrected chi connectivity index (χ2v) is 10.1. The first kappa shape index (κ1) is 24.2. The minimum atomic E-state index is -3.93. The van der Waals surface area contributed by atoms with Crippen LogP contribution in [0.5, 0.6) is 5.75 Å². The molecule has 11 heteroatoms. The van der Waals surface area contributed by atoms with Crippen molar-refractivity contribution in [3.8, 4) is 22.6 Å². The summed E-state index contributed by atoms with van der Waals surface area (Å²) in [5.74, 6) is 0.0948. The monoisotopic (exact) mass is 516 g/mol. The van der Waals surface area contributed by atoms with Crippen LogP contribution in [0.1, 0.15) is 21.7 Å². The number of hydrogen-bond acceptors (Lipinski definition) is 6. The standard InChI is InChI=1S/C26H24N6O4S/c1-16-13-21(30-32(16)19-6-4-5-18(14-19)25(27)28)26(33)31-11-12-36-23-15-17(9-10-22(23)31)20-7-2-3-8-24(20)37(29,34)35/h2-10,13-15H,11-12H2,1H3,(H3,27,28)(H2,29,34,35). The highest BCUT2D eigenvalue weighted by Gasteiger charge is 2.28. The van der Waals surface area contributed by atoms with Gasteiger partial charge in [-0.05, 0) is 48.9 Å². The van der Waals surface area contributed by atoms with Crippen LogP contribution >= 0.6 is 0 Å². The number of nitrogens with one attached hydrogen (secondary N) is 1. The van der Waals surface area contributed by atoms with Crippen LogP contribution in [0.25, 0.3) is 16.8 Å². The van der Waals surface area contributed by atoms with E-state index in [4.69, 9.17) is 21.0 Å². The highest BCUT2D eigenvalue weighted by atomic mass is 32.2. The van der Waals surface area contributed by atoms with E-state index in [1.54, 1.807) is 70.2 Å². The van der Waals surface area contributed by atoms with Gasteiger partial charge in [0, 0.05) is 16.8 Å². The molecule has 1 aliphatic heterocycles. The lowest BCUT2D eigenvalue weighted by Gasteiger charge is -2.29. The molecule has 3 aromatic carbocycles. The lowest BCUT2D eigenvalue weighted by Crippen LogP contribution is -2.38. The molecule has 5 N–H and O–H groups in total. The number of primary sulfonamides is 1. The summed E-state index contributed by atoms with van der Waals surface area (Å²) in [5, 5.41) is 17.6. The molecule has 0 bridgehead atoms. The number of ether oxygens (including phenoxy) is 1. The highest BCUT2D eigenvalue weighted by Crippen LogP contribution is 2.38. The summed E-state index contributed by atoms with van der Waals surface area (Å²) < 4.78 is 31.6. The van der Waals surface area contributed by atoms with Gasteiger partial charge in [0.25, 0.3) is 5.91 Å². The number of nitrogen functional groups attached to an aromatic ring is 1. The number of anilines is 1. The van der Waals surface area contributed by atoms with Crippen LogP contribution in [0.4, 0.5) is 5.69 Å². The highest BCUT2D eigenvalue weighted by molar-refractivity contribution is 7.89. The maximum atomic E-state index is 13.5. The van der Waals surface area contributed by atoms with E-state index >= 15 is 0 Å². The van der Waals surface area contributed by atoms with Crippen LogP contribution < -0.4 is 20.5 Å². The fourth-order valence-electron chi connectivity index (χ4n) is 4.34. The van der Waals surface area contributed by atoms with E-state index in [-0.39, 0.29) is 28.9 Å². The third kappa shape index (κ3) is 4.57. The first-order valence-corrected chi connectivity index (χ1v) is 12.9.